The molecule has 0 bridgehead atoms. The lowest BCUT2D eigenvalue weighted by Gasteiger charge is -2.32. The molecular weight excluding hydrogens is 364 g/mol. The number of aromatic nitrogens is 1. The van der Waals surface area contributed by atoms with E-state index in [1.54, 1.807) is 7.11 Å². The highest BCUT2D eigenvalue weighted by molar-refractivity contribution is 5.55. The molecule has 1 aliphatic rings. The Morgan fingerprint density at radius 2 is 1.90 bits per heavy atom. The molecule has 152 valence electrons. The summed E-state index contributed by atoms with van der Waals surface area (Å²) in [6.07, 6.45) is 2.51. The summed E-state index contributed by atoms with van der Waals surface area (Å²) in [5.74, 6) is 2.37. The van der Waals surface area contributed by atoms with E-state index in [0.717, 1.165) is 55.2 Å². The second-order valence-electron chi connectivity index (χ2n) is 7.55. The van der Waals surface area contributed by atoms with Crippen molar-refractivity contribution < 1.29 is 13.9 Å². The van der Waals surface area contributed by atoms with E-state index in [-0.39, 0.29) is 6.10 Å². The molecule has 29 heavy (non-hydrogen) atoms. The van der Waals surface area contributed by atoms with Crippen molar-refractivity contribution in [3.8, 4) is 17.2 Å². The molecule has 3 aromatic rings. The molecule has 1 saturated heterocycles. The number of rotatable bonds is 7. The standard InChI is InChI=1S/C24H28N2O3/c1-18-23(25-24(29-18)20-10-12-21(27-2)13-11-20)16-26-14-6-9-22(15-26)28-17-19-7-4-3-5-8-19/h3-5,7-8,10-13,22H,6,9,14-17H2,1-2H3/t22-/m1/s1. The second-order valence-corrected chi connectivity index (χ2v) is 7.55. The second kappa shape index (κ2) is 9.25. The van der Waals surface area contributed by atoms with Crippen LogP contribution in [0.3, 0.4) is 0 Å². The largest absolute Gasteiger partial charge is 0.497 e. The minimum atomic E-state index is 0.261. The molecule has 0 saturated carbocycles. The zero-order valence-corrected chi connectivity index (χ0v) is 17.1. The van der Waals surface area contributed by atoms with Crippen molar-refractivity contribution in [1.82, 2.24) is 9.88 Å². The Labute approximate surface area is 172 Å². The number of nitrogens with zero attached hydrogens (tertiary/aromatic N) is 2. The van der Waals surface area contributed by atoms with Gasteiger partial charge in [-0.1, -0.05) is 30.3 Å². The van der Waals surface area contributed by atoms with E-state index < -0.39 is 0 Å². The van der Waals surface area contributed by atoms with Crippen LogP contribution < -0.4 is 4.74 Å². The van der Waals surface area contributed by atoms with Gasteiger partial charge >= 0.3 is 0 Å². The zero-order chi connectivity index (χ0) is 20.1. The molecule has 2 heterocycles. The lowest BCUT2D eigenvalue weighted by molar-refractivity contribution is -0.0123. The molecule has 5 heteroatoms. The first kappa shape index (κ1) is 19.7. The van der Waals surface area contributed by atoms with Crippen LogP contribution in [0.1, 0.15) is 29.9 Å². The highest BCUT2D eigenvalue weighted by Crippen LogP contribution is 2.25. The van der Waals surface area contributed by atoms with E-state index in [0.29, 0.717) is 12.5 Å². The predicted octanol–water partition coefficient (Wildman–Crippen LogP) is 4.84. The molecule has 1 aromatic heterocycles. The molecule has 1 aliphatic heterocycles. The molecule has 1 atom stereocenters. The van der Waals surface area contributed by atoms with Crippen LogP contribution in [-0.4, -0.2) is 36.2 Å². The zero-order valence-electron chi connectivity index (χ0n) is 17.1. The first-order chi connectivity index (χ1) is 14.2. The van der Waals surface area contributed by atoms with E-state index >= 15 is 0 Å². The number of methoxy groups -OCH3 is 1. The molecule has 0 spiro atoms. The summed E-state index contributed by atoms with van der Waals surface area (Å²) in [6, 6.07) is 18.2. The monoisotopic (exact) mass is 392 g/mol. The van der Waals surface area contributed by atoms with Crippen LogP contribution in [0, 0.1) is 6.92 Å². The van der Waals surface area contributed by atoms with Crippen LogP contribution in [0.25, 0.3) is 11.5 Å². The average Bonchev–Trinajstić information content (AvgIpc) is 3.13. The number of likely N-dealkylation sites (tertiary alicyclic amines) is 1. The van der Waals surface area contributed by atoms with E-state index in [4.69, 9.17) is 18.9 Å². The lowest BCUT2D eigenvalue weighted by atomic mass is 10.1. The first-order valence-corrected chi connectivity index (χ1v) is 10.2. The molecule has 0 amide bonds. The Bertz CT molecular complexity index is 906. The molecule has 0 N–H and O–H groups in total. The quantitative estimate of drug-likeness (QED) is 0.576. The van der Waals surface area contributed by atoms with Crippen molar-refractivity contribution in [1.29, 1.82) is 0 Å². The van der Waals surface area contributed by atoms with Crippen molar-refractivity contribution in [3.63, 3.8) is 0 Å². The SMILES string of the molecule is COc1ccc(-c2nc(CN3CCC[C@@H](OCc4ccccc4)C3)c(C)o2)cc1. The number of ether oxygens (including phenoxy) is 2. The molecule has 1 fully saturated rings. The molecular formula is C24H28N2O3. The Morgan fingerprint density at radius 1 is 1.10 bits per heavy atom. The van der Waals surface area contributed by atoms with Gasteiger partial charge in [0.1, 0.15) is 11.5 Å². The third-order valence-corrected chi connectivity index (χ3v) is 5.39. The summed E-state index contributed by atoms with van der Waals surface area (Å²) in [4.78, 5) is 7.18. The lowest BCUT2D eigenvalue weighted by Crippen LogP contribution is -2.39. The van der Waals surface area contributed by atoms with E-state index in [1.165, 1.54) is 5.56 Å². The van der Waals surface area contributed by atoms with Crippen molar-refractivity contribution in [2.24, 2.45) is 0 Å². The van der Waals surface area contributed by atoms with Gasteiger partial charge in [0.15, 0.2) is 0 Å². The van der Waals surface area contributed by atoms with Crippen LogP contribution in [0.5, 0.6) is 5.75 Å². The number of hydrogen-bond acceptors (Lipinski definition) is 5. The average molecular weight is 392 g/mol. The highest BCUT2D eigenvalue weighted by atomic mass is 16.5. The summed E-state index contributed by atoms with van der Waals surface area (Å²) in [6.45, 7) is 5.44. The smallest absolute Gasteiger partial charge is 0.226 e. The minimum absolute atomic E-state index is 0.261. The predicted molar refractivity (Wildman–Crippen MR) is 113 cm³/mol. The molecule has 0 radical (unpaired) electrons. The molecule has 5 nitrogen and oxygen atoms in total. The maximum atomic E-state index is 6.17. The Hall–Kier alpha value is -2.63. The van der Waals surface area contributed by atoms with Crippen molar-refractivity contribution in [3.05, 3.63) is 71.6 Å². The van der Waals surface area contributed by atoms with Crippen LogP contribution in [0.4, 0.5) is 0 Å². The summed E-state index contributed by atoms with van der Waals surface area (Å²) >= 11 is 0. The molecule has 4 rings (SSSR count). The molecule has 0 aliphatic carbocycles. The van der Waals surface area contributed by atoms with Crippen LogP contribution >= 0.6 is 0 Å². The van der Waals surface area contributed by atoms with Crippen LogP contribution in [-0.2, 0) is 17.9 Å². The van der Waals surface area contributed by atoms with Gasteiger partial charge in [-0.15, -0.1) is 0 Å². The maximum Gasteiger partial charge on any atom is 0.226 e. The van der Waals surface area contributed by atoms with Crippen molar-refractivity contribution in [2.75, 3.05) is 20.2 Å². The van der Waals surface area contributed by atoms with Gasteiger partial charge in [-0.2, -0.15) is 0 Å². The summed E-state index contributed by atoms with van der Waals surface area (Å²) in [5.41, 5.74) is 3.18. The maximum absolute atomic E-state index is 6.17. The van der Waals surface area contributed by atoms with Crippen molar-refractivity contribution >= 4 is 0 Å². The normalized spacial score (nSPS) is 17.4. The van der Waals surface area contributed by atoms with Gasteiger partial charge in [0.2, 0.25) is 5.89 Å². The summed E-state index contributed by atoms with van der Waals surface area (Å²) in [7, 11) is 1.66. The van der Waals surface area contributed by atoms with Gasteiger partial charge in [0.25, 0.3) is 0 Å². The number of hydrogen-bond donors (Lipinski definition) is 0. The summed E-state index contributed by atoms with van der Waals surface area (Å²) in [5, 5.41) is 0. The fourth-order valence-corrected chi connectivity index (χ4v) is 3.72. The number of piperidine rings is 1. The van der Waals surface area contributed by atoms with Crippen molar-refractivity contribution in [2.45, 2.75) is 39.0 Å². The minimum Gasteiger partial charge on any atom is -0.497 e. The molecule has 2 aromatic carbocycles. The van der Waals surface area contributed by atoms with E-state index in [1.807, 2.05) is 37.3 Å². The Balaban J connectivity index is 1.36. The fraction of sp³-hybridized carbons (Fsp3) is 0.375. The third-order valence-electron chi connectivity index (χ3n) is 5.39. The number of oxazole rings is 1. The van der Waals surface area contributed by atoms with Gasteiger partial charge < -0.3 is 13.9 Å². The van der Waals surface area contributed by atoms with Gasteiger partial charge in [-0.25, -0.2) is 4.98 Å². The fourth-order valence-electron chi connectivity index (χ4n) is 3.72. The Morgan fingerprint density at radius 3 is 2.66 bits per heavy atom. The molecule has 0 unspecified atom stereocenters. The topological polar surface area (TPSA) is 47.7 Å². The van der Waals surface area contributed by atoms with E-state index in [2.05, 4.69) is 29.2 Å². The third kappa shape index (κ3) is 5.05. The highest BCUT2D eigenvalue weighted by Gasteiger charge is 2.23. The summed E-state index contributed by atoms with van der Waals surface area (Å²) < 4.78 is 17.3. The van der Waals surface area contributed by atoms with Gasteiger partial charge in [0.05, 0.1) is 25.5 Å². The number of aryl methyl sites for hydroxylation is 1. The van der Waals surface area contributed by atoms with Crippen LogP contribution in [0.15, 0.2) is 59.0 Å². The van der Waals surface area contributed by atoms with E-state index in [9.17, 15) is 0 Å². The van der Waals surface area contributed by atoms with Gasteiger partial charge in [-0.3, -0.25) is 4.90 Å². The first-order valence-electron chi connectivity index (χ1n) is 10.2. The number of benzene rings is 2. The van der Waals surface area contributed by atoms with Crippen LogP contribution in [0.2, 0.25) is 0 Å². The Kier molecular flexibility index (Phi) is 6.27. The van der Waals surface area contributed by atoms with Gasteiger partial charge in [0, 0.05) is 18.7 Å². The van der Waals surface area contributed by atoms with Gasteiger partial charge in [-0.05, 0) is 56.1 Å².